The SMILES string of the molecule is N#CCc1ccc(C(F)F)nc1I. The van der Waals surface area contributed by atoms with Crippen molar-refractivity contribution in [1.82, 2.24) is 4.98 Å². The maximum atomic E-state index is 12.1. The Balaban J connectivity index is 3.00. The molecule has 0 unspecified atom stereocenters. The first-order chi connectivity index (χ1) is 6.15. The zero-order valence-electron chi connectivity index (χ0n) is 6.47. The largest absolute Gasteiger partial charge is 0.280 e. The molecule has 0 amide bonds. The first-order valence-electron chi connectivity index (χ1n) is 3.45. The normalized spacial score (nSPS) is 10.1. The molecule has 0 aliphatic carbocycles. The Morgan fingerprint density at radius 2 is 2.23 bits per heavy atom. The molecule has 13 heavy (non-hydrogen) atoms. The number of pyridine rings is 1. The monoisotopic (exact) mass is 294 g/mol. The summed E-state index contributed by atoms with van der Waals surface area (Å²) in [5, 5.41) is 8.39. The predicted molar refractivity (Wildman–Crippen MR) is 51.2 cm³/mol. The molecule has 1 rings (SSSR count). The molecule has 1 heterocycles. The van der Waals surface area contributed by atoms with Crippen molar-refractivity contribution in [3.8, 4) is 6.07 Å². The van der Waals surface area contributed by atoms with Gasteiger partial charge in [0.05, 0.1) is 12.5 Å². The van der Waals surface area contributed by atoms with E-state index < -0.39 is 6.43 Å². The molecule has 0 aliphatic heterocycles. The molecular formula is C8H5F2IN2. The number of aromatic nitrogens is 1. The minimum atomic E-state index is -2.55. The molecule has 0 saturated heterocycles. The Kier molecular flexibility index (Phi) is 3.54. The van der Waals surface area contributed by atoms with Gasteiger partial charge < -0.3 is 0 Å². The molecule has 0 N–H and O–H groups in total. The molecule has 2 nitrogen and oxygen atoms in total. The summed E-state index contributed by atoms with van der Waals surface area (Å²) in [5.74, 6) is 0. The molecule has 0 aliphatic rings. The van der Waals surface area contributed by atoms with Crippen LogP contribution in [0.4, 0.5) is 8.78 Å². The Morgan fingerprint density at radius 1 is 1.54 bits per heavy atom. The summed E-state index contributed by atoms with van der Waals surface area (Å²) < 4.78 is 24.7. The molecule has 5 heteroatoms. The summed E-state index contributed by atoms with van der Waals surface area (Å²) in [7, 11) is 0. The van der Waals surface area contributed by atoms with Gasteiger partial charge in [-0.05, 0) is 34.2 Å². The molecule has 0 saturated carbocycles. The Hall–Kier alpha value is -0.770. The Labute approximate surface area is 87.7 Å². The lowest BCUT2D eigenvalue weighted by Gasteiger charge is -2.02. The predicted octanol–water partition coefficient (Wildman–Crippen LogP) is 2.69. The van der Waals surface area contributed by atoms with Crippen LogP contribution >= 0.6 is 22.6 Å². The molecule has 0 atom stereocenters. The van der Waals surface area contributed by atoms with Crippen molar-refractivity contribution in [3.05, 3.63) is 27.1 Å². The average molecular weight is 294 g/mol. The third-order valence-corrected chi connectivity index (χ3v) is 2.37. The fourth-order valence-corrected chi connectivity index (χ4v) is 1.46. The van der Waals surface area contributed by atoms with Gasteiger partial charge in [0.2, 0.25) is 0 Å². The second-order valence-corrected chi connectivity index (χ2v) is 3.34. The standard InChI is InChI=1S/C8H5F2IN2/c9-7(10)6-2-1-5(3-4-12)8(11)13-6/h1-2,7H,3H2. The number of nitrogens with zero attached hydrogens (tertiary/aromatic N) is 2. The van der Waals surface area contributed by atoms with Gasteiger partial charge in [-0.15, -0.1) is 0 Å². The van der Waals surface area contributed by atoms with Gasteiger partial charge in [-0.2, -0.15) is 5.26 Å². The van der Waals surface area contributed by atoms with Gasteiger partial charge in [0.15, 0.2) is 0 Å². The first-order valence-corrected chi connectivity index (χ1v) is 4.53. The molecule has 0 bridgehead atoms. The second kappa shape index (κ2) is 4.46. The van der Waals surface area contributed by atoms with E-state index in [0.29, 0.717) is 9.26 Å². The van der Waals surface area contributed by atoms with Crippen molar-refractivity contribution in [2.24, 2.45) is 0 Å². The molecule has 1 aromatic heterocycles. The quantitative estimate of drug-likeness (QED) is 0.621. The summed E-state index contributed by atoms with van der Waals surface area (Å²) in [6, 6.07) is 4.70. The topological polar surface area (TPSA) is 36.7 Å². The summed E-state index contributed by atoms with van der Waals surface area (Å²) in [6.45, 7) is 0. The van der Waals surface area contributed by atoms with Crippen LogP contribution in [0.15, 0.2) is 12.1 Å². The van der Waals surface area contributed by atoms with Gasteiger partial charge in [0.25, 0.3) is 6.43 Å². The van der Waals surface area contributed by atoms with E-state index in [1.54, 1.807) is 0 Å². The van der Waals surface area contributed by atoms with Crippen LogP contribution in [-0.4, -0.2) is 4.98 Å². The number of alkyl halides is 2. The Morgan fingerprint density at radius 3 is 2.69 bits per heavy atom. The van der Waals surface area contributed by atoms with E-state index >= 15 is 0 Å². The molecule has 68 valence electrons. The van der Waals surface area contributed by atoms with Crippen LogP contribution in [0.25, 0.3) is 0 Å². The number of hydrogen-bond donors (Lipinski definition) is 0. The van der Waals surface area contributed by atoms with Crippen molar-refractivity contribution >= 4 is 22.6 Å². The van der Waals surface area contributed by atoms with Crippen LogP contribution in [0.2, 0.25) is 0 Å². The molecule has 0 spiro atoms. The second-order valence-electron chi connectivity index (χ2n) is 2.32. The van der Waals surface area contributed by atoms with Gasteiger partial charge in [-0.1, -0.05) is 6.07 Å². The fraction of sp³-hybridized carbons (Fsp3) is 0.250. The van der Waals surface area contributed by atoms with E-state index in [9.17, 15) is 8.78 Å². The summed E-state index contributed by atoms with van der Waals surface area (Å²) in [4.78, 5) is 3.68. The van der Waals surface area contributed by atoms with E-state index in [-0.39, 0.29) is 12.1 Å². The highest BCUT2D eigenvalue weighted by Gasteiger charge is 2.10. The van der Waals surface area contributed by atoms with Crippen LogP contribution in [0.1, 0.15) is 17.7 Å². The van der Waals surface area contributed by atoms with E-state index in [4.69, 9.17) is 5.26 Å². The number of nitriles is 1. The third-order valence-electron chi connectivity index (χ3n) is 1.44. The van der Waals surface area contributed by atoms with Crippen LogP contribution in [0, 0.1) is 15.0 Å². The van der Waals surface area contributed by atoms with Gasteiger partial charge in [-0.3, -0.25) is 0 Å². The first kappa shape index (κ1) is 10.3. The third kappa shape index (κ3) is 2.59. The minimum Gasteiger partial charge on any atom is -0.241 e. The zero-order valence-corrected chi connectivity index (χ0v) is 8.62. The summed E-state index contributed by atoms with van der Waals surface area (Å²) >= 11 is 1.85. The van der Waals surface area contributed by atoms with E-state index in [1.807, 2.05) is 28.7 Å². The van der Waals surface area contributed by atoms with Crippen molar-refractivity contribution in [2.45, 2.75) is 12.8 Å². The highest BCUT2D eigenvalue weighted by molar-refractivity contribution is 14.1. The summed E-state index contributed by atoms with van der Waals surface area (Å²) in [6.07, 6.45) is -2.35. The van der Waals surface area contributed by atoms with Gasteiger partial charge >= 0.3 is 0 Å². The fourth-order valence-electron chi connectivity index (χ4n) is 0.816. The van der Waals surface area contributed by atoms with Crippen LogP contribution in [-0.2, 0) is 6.42 Å². The van der Waals surface area contributed by atoms with Crippen LogP contribution in [0.5, 0.6) is 0 Å². The van der Waals surface area contributed by atoms with E-state index in [0.717, 1.165) is 0 Å². The Bertz CT molecular complexity index is 346. The molecule has 1 aromatic rings. The summed E-state index contributed by atoms with van der Waals surface area (Å²) in [5.41, 5.74) is 0.443. The lowest BCUT2D eigenvalue weighted by Crippen LogP contribution is -1.96. The van der Waals surface area contributed by atoms with Gasteiger partial charge in [0.1, 0.15) is 9.39 Å². The molecule has 0 fully saturated rings. The minimum absolute atomic E-state index is 0.203. The number of hydrogen-bond acceptors (Lipinski definition) is 2. The molecular weight excluding hydrogens is 289 g/mol. The lowest BCUT2D eigenvalue weighted by atomic mass is 10.2. The maximum absolute atomic E-state index is 12.1. The number of halogens is 3. The van der Waals surface area contributed by atoms with Gasteiger partial charge in [-0.25, -0.2) is 13.8 Å². The van der Waals surface area contributed by atoms with Crippen LogP contribution in [0.3, 0.4) is 0 Å². The van der Waals surface area contributed by atoms with E-state index in [2.05, 4.69) is 4.98 Å². The smallest absolute Gasteiger partial charge is 0.241 e. The van der Waals surface area contributed by atoms with Crippen molar-refractivity contribution in [3.63, 3.8) is 0 Å². The van der Waals surface area contributed by atoms with Crippen molar-refractivity contribution < 1.29 is 8.78 Å². The zero-order chi connectivity index (χ0) is 9.84. The average Bonchev–Trinajstić information content (AvgIpc) is 2.08. The molecule has 0 radical (unpaired) electrons. The van der Waals surface area contributed by atoms with Crippen LogP contribution < -0.4 is 0 Å². The van der Waals surface area contributed by atoms with E-state index in [1.165, 1.54) is 12.1 Å². The molecule has 0 aromatic carbocycles. The highest BCUT2D eigenvalue weighted by atomic mass is 127. The highest BCUT2D eigenvalue weighted by Crippen LogP contribution is 2.19. The lowest BCUT2D eigenvalue weighted by molar-refractivity contribution is 0.146. The van der Waals surface area contributed by atoms with Crippen molar-refractivity contribution in [2.75, 3.05) is 0 Å². The van der Waals surface area contributed by atoms with Crippen molar-refractivity contribution in [1.29, 1.82) is 5.26 Å². The number of rotatable bonds is 2. The van der Waals surface area contributed by atoms with Gasteiger partial charge in [0, 0.05) is 0 Å². The maximum Gasteiger partial charge on any atom is 0.280 e.